The number of carbonyl (C=O) groups is 1. The highest BCUT2D eigenvalue weighted by atomic mass is 32.2. The van der Waals surface area contributed by atoms with E-state index >= 15 is 0 Å². The number of anilines is 1. The summed E-state index contributed by atoms with van der Waals surface area (Å²) in [5.74, 6) is -0.384. The molecular weight excluding hydrogens is 258 g/mol. The van der Waals surface area contributed by atoms with Gasteiger partial charge in [-0.15, -0.1) is 0 Å². The van der Waals surface area contributed by atoms with Crippen molar-refractivity contribution < 1.29 is 17.9 Å². The molecule has 0 aliphatic rings. The summed E-state index contributed by atoms with van der Waals surface area (Å²) >= 11 is 0. The van der Waals surface area contributed by atoms with Gasteiger partial charge in [0.2, 0.25) is 0 Å². The molecule has 0 aromatic carbocycles. The van der Waals surface area contributed by atoms with Gasteiger partial charge in [0, 0.05) is 18.5 Å². The smallest absolute Gasteiger partial charge is 0.360 e. The molecule has 0 atom stereocenters. The Morgan fingerprint density at radius 2 is 2.22 bits per heavy atom. The second kappa shape index (κ2) is 5.85. The largest absolute Gasteiger partial charge is 0.464 e. The Morgan fingerprint density at radius 1 is 1.56 bits per heavy atom. The number of sulfone groups is 1. The Labute approximate surface area is 106 Å². The summed E-state index contributed by atoms with van der Waals surface area (Å²) in [6.45, 7) is 2.00. The first-order chi connectivity index (χ1) is 8.39. The lowest BCUT2D eigenvalue weighted by Crippen LogP contribution is -2.12. The van der Waals surface area contributed by atoms with E-state index in [1.54, 1.807) is 6.92 Å². The van der Waals surface area contributed by atoms with E-state index < -0.39 is 15.8 Å². The van der Waals surface area contributed by atoms with Gasteiger partial charge < -0.3 is 10.5 Å². The summed E-state index contributed by atoms with van der Waals surface area (Å²) in [6, 6.07) is 0. The number of ether oxygens (including phenoxy) is 1. The van der Waals surface area contributed by atoms with E-state index in [0.29, 0.717) is 13.0 Å². The second-order valence-corrected chi connectivity index (χ2v) is 6.25. The van der Waals surface area contributed by atoms with Crippen molar-refractivity contribution >= 4 is 21.5 Å². The molecule has 102 valence electrons. The van der Waals surface area contributed by atoms with Crippen LogP contribution in [0, 0.1) is 0 Å². The van der Waals surface area contributed by atoms with Crippen LogP contribution in [0.15, 0.2) is 6.20 Å². The van der Waals surface area contributed by atoms with Crippen molar-refractivity contribution in [3.05, 3.63) is 11.9 Å². The highest BCUT2D eigenvalue weighted by Gasteiger charge is 2.15. The minimum atomic E-state index is -2.98. The third kappa shape index (κ3) is 3.73. The van der Waals surface area contributed by atoms with Crippen molar-refractivity contribution in [2.45, 2.75) is 19.9 Å². The number of nitrogen functional groups attached to an aromatic ring is 1. The van der Waals surface area contributed by atoms with Crippen LogP contribution in [0.1, 0.15) is 23.8 Å². The van der Waals surface area contributed by atoms with Gasteiger partial charge in [0.15, 0.2) is 5.69 Å². The molecule has 7 nitrogen and oxygen atoms in total. The standard InChI is InChI=1S/C10H17N3O4S/c1-3-18(15,16)6-4-5-13-7-8(11)9(12-13)10(14)17-2/h7H,3-6,11H2,1-2H3. The van der Waals surface area contributed by atoms with Gasteiger partial charge in [-0.25, -0.2) is 13.2 Å². The molecule has 0 spiro atoms. The Kier molecular flexibility index (Phi) is 4.71. The van der Waals surface area contributed by atoms with Crippen LogP contribution in [0.2, 0.25) is 0 Å². The van der Waals surface area contributed by atoms with Crippen LogP contribution in [-0.2, 0) is 21.1 Å². The molecule has 8 heteroatoms. The third-order valence-corrected chi connectivity index (χ3v) is 4.24. The molecule has 0 unspecified atom stereocenters. The first-order valence-electron chi connectivity index (χ1n) is 5.51. The Bertz CT molecular complexity index is 521. The number of hydrogen-bond donors (Lipinski definition) is 1. The van der Waals surface area contributed by atoms with Crippen molar-refractivity contribution in [1.82, 2.24) is 9.78 Å². The highest BCUT2D eigenvalue weighted by Crippen LogP contribution is 2.10. The third-order valence-electron chi connectivity index (χ3n) is 2.45. The molecule has 0 amide bonds. The fourth-order valence-electron chi connectivity index (χ4n) is 1.40. The molecule has 1 aromatic rings. The number of aryl methyl sites for hydroxylation is 1. The number of rotatable bonds is 6. The minimum absolute atomic E-state index is 0.0517. The van der Waals surface area contributed by atoms with E-state index in [9.17, 15) is 13.2 Å². The lowest BCUT2D eigenvalue weighted by atomic mass is 10.4. The van der Waals surface area contributed by atoms with Crippen molar-refractivity contribution in [2.24, 2.45) is 0 Å². The van der Waals surface area contributed by atoms with Crippen molar-refractivity contribution in [2.75, 3.05) is 24.3 Å². The maximum atomic E-state index is 11.3. The van der Waals surface area contributed by atoms with Gasteiger partial charge in [-0.3, -0.25) is 4.68 Å². The molecule has 18 heavy (non-hydrogen) atoms. The zero-order chi connectivity index (χ0) is 13.8. The molecule has 0 saturated heterocycles. The van der Waals surface area contributed by atoms with Crippen LogP contribution in [0.4, 0.5) is 5.69 Å². The van der Waals surface area contributed by atoms with Gasteiger partial charge in [0.1, 0.15) is 9.84 Å². The molecule has 0 saturated carbocycles. The topological polar surface area (TPSA) is 104 Å². The maximum absolute atomic E-state index is 11.3. The Morgan fingerprint density at radius 3 is 2.78 bits per heavy atom. The first kappa shape index (κ1) is 14.5. The van der Waals surface area contributed by atoms with E-state index in [1.807, 2.05) is 0 Å². The number of methoxy groups -OCH3 is 1. The molecule has 1 heterocycles. The molecule has 1 aromatic heterocycles. The summed E-state index contributed by atoms with van der Waals surface area (Å²) in [6.07, 6.45) is 1.92. The summed E-state index contributed by atoms with van der Waals surface area (Å²) in [4.78, 5) is 11.3. The second-order valence-electron chi connectivity index (χ2n) is 3.78. The Balaban J connectivity index is 2.62. The molecule has 1 rings (SSSR count). The molecule has 0 aliphatic heterocycles. The van der Waals surface area contributed by atoms with Crippen LogP contribution in [0.25, 0.3) is 0 Å². The molecule has 0 bridgehead atoms. The van der Waals surface area contributed by atoms with E-state index in [4.69, 9.17) is 5.73 Å². The summed E-state index contributed by atoms with van der Waals surface area (Å²) < 4.78 is 28.5. The van der Waals surface area contributed by atoms with Crippen LogP contribution in [0.3, 0.4) is 0 Å². The van der Waals surface area contributed by atoms with Gasteiger partial charge in [0.25, 0.3) is 0 Å². The van der Waals surface area contributed by atoms with Gasteiger partial charge in [-0.1, -0.05) is 6.92 Å². The lowest BCUT2D eigenvalue weighted by molar-refractivity contribution is 0.0594. The lowest BCUT2D eigenvalue weighted by Gasteiger charge is -2.01. The van der Waals surface area contributed by atoms with Crippen molar-refractivity contribution in [1.29, 1.82) is 0 Å². The van der Waals surface area contributed by atoms with Crippen LogP contribution < -0.4 is 5.73 Å². The normalized spacial score (nSPS) is 11.4. The van der Waals surface area contributed by atoms with Crippen molar-refractivity contribution in [3.8, 4) is 0 Å². The summed E-state index contributed by atoms with van der Waals surface area (Å²) in [7, 11) is -1.73. The molecule has 0 radical (unpaired) electrons. The first-order valence-corrected chi connectivity index (χ1v) is 7.33. The van der Waals surface area contributed by atoms with Crippen LogP contribution >= 0.6 is 0 Å². The number of carbonyl (C=O) groups excluding carboxylic acids is 1. The quantitative estimate of drug-likeness (QED) is 0.737. The molecule has 0 fully saturated rings. The molecule has 2 N–H and O–H groups in total. The summed E-state index contributed by atoms with van der Waals surface area (Å²) in [5, 5.41) is 3.95. The van der Waals surface area contributed by atoms with Gasteiger partial charge in [-0.2, -0.15) is 5.10 Å². The van der Waals surface area contributed by atoms with Crippen LogP contribution in [-0.4, -0.2) is 42.8 Å². The van der Waals surface area contributed by atoms with Crippen molar-refractivity contribution in [3.63, 3.8) is 0 Å². The van der Waals surface area contributed by atoms with E-state index in [2.05, 4.69) is 9.84 Å². The van der Waals surface area contributed by atoms with E-state index in [-0.39, 0.29) is 22.9 Å². The fourth-order valence-corrected chi connectivity index (χ4v) is 2.26. The van der Waals surface area contributed by atoms with E-state index in [0.717, 1.165) is 0 Å². The summed E-state index contributed by atoms with van der Waals surface area (Å²) in [5.41, 5.74) is 5.87. The predicted molar refractivity (Wildman–Crippen MR) is 66.9 cm³/mol. The zero-order valence-electron chi connectivity index (χ0n) is 10.4. The fraction of sp³-hybridized carbons (Fsp3) is 0.600. The number of hydrogen-bond acceptors (Lipinski definition) is 6. The average molecular weight is 275 g/mol. The van der Waals surface area contributed by atoms with Crippen LogP contribution in [0.5, 0.6) is 0 Å². The number of aromatic nitrogens is 2. The van der Waals surface area contributed by atoms with Gasteiger partial charge >= 0.3 is 5.97 Å². The van der Waals surface area contributed by atoms with E-state index in [1.165, 1.54) is 18.0 Å². The highest BCUT2D eigenvalue weighted by molar-refractivity contribution is 7.91. The van der Waals surface area contributed by atoms with Gasteiger partial charge in [0.05, 0.1) is 18.6 Å². The molecular formula is C10H17N3O4S. The Hall–Kier alpha value is -1.57. The zero-order valence-corrected chi connectivity index (χ0v) is 11.2. The SMILES string of the molecule is CCS(=O)(=O)CCCn1cc(N)c(C(=O)OC)n1. The predicted octanol–water partition coefficient (Wildman–Crippen LogP) is 0.0767. The number of nitrogens with zero attached hydrogens (tertiary/aromatic N) is 2. The molecule has 0 aliphatic carbocycles. The van der Waals surface area contributed by atoms with Gasteiger partial charge in [-0.05, 0) is 6.42 Å². The minimum Gasteiger partial charge on any atom is -0.464 e. The number of esters is 1. The number of nitrogens with two attached hydrogens (primary N) is 1. The maximum Gasteiger partial charge on any atom is 0.360 e. The average Bonchev–Trinajstić information content (AvgIpc) is 2.69. The monoisotopic (exact) mass is 275 g/mol.